The number of hydrogen-bond donors (Lipinski definition) is 1. The van der Waals surface area contributed by atoms with E-state index in [1.807, 2.05) is 30.5 Å². The van der Waals surface area contributed by atoms with Crippen molar-refractivity contribution in [1.29, 1.82) is 5.26 Å². The highest BCUT2D eigenvalue weighted by atomic mass is 32.2. The summed E-state index contributed by atoms with van der Waals surface area (Å²) in [6.45, 7) is 0. The van der Waals surface area contributed by atoms with Crippen molar-refractivity contribution in [3.63, 3.8) is 0 Å². The molecule has 2 N–H and O–H groups in total. The summed E-state index contributed by atoms with van der Waals surface area (Å²) in [4.78, 5) is 5.33. The van der Waals surface area contributed by atoms with Crippen molar-refractivity contribution in [1.82, 2.24) is 4.98 Å². The molecule has 3 aromatic rings. The molecule has 0 radical (unpaired) electrons. The van der Waals surface area contributed by atoms with Gasteiger partial charge < -0.3 is 5.73 Å². The molecule has 0 saturated heterocycles. The zero-order chi connectivity index (χ0) is 17.1. The third-order valence-corrected chi connectivity index (χ3v) is 4.45. The molecule has 0 fully saturated rings. The van der Waals surface area contributed by atoms with Gasteiger partial charge in [-0.15, -0.1) is 11.8 Å². The molecule has 0 saturated carbocycles. The van der Waals surface area contributed by atoms with Crippen LogP contribution in [0.25, 0.3) is 22.4 Å². The number of anilines is 1. The standard InChI is InChI=1S/C19H14FN3S/c1-24-13-8-6-12(7-9-13)15-10-18(23-19(22)16(15)11-21)14-4-2-3-5-17(14)20/h2-10H,1H3,(H2,22,23). The fraction of sp³-hybridized carbons (Fsp3) is 0.0526. The number of rotatable bonds is 3. The first-order chi connectivity index (χ1) is 11.6. The largest absolute Gasteiger partial charge is 0.383 e. The van der Waals surface area contributed by atoms with Crippen LogP contribution >= 0.6 is 11.8 Å². The Kier molecular flexibility index (Phi) is 4.50. The number of hydrogen-bond acceptors (Lipinski definition) is 4. The van der Waals surface area contributed by atoms with E-state index in [0.29, 0.717) is 22.4 Å². The molecule has 5 heteroatoms. The van der Waals surface area contributed by atoms with Gasteiger partial charge >= 0.3 is 0 Å². The Morgan fingerprint density at radius 2 is 1.79 bits per heavy atom. The van der Waals surface area contributed by atoms with Gasteiger partial charge in [0.1, 0.15) is 23.3 Å². The normalized spacial score (nSPS) is 10.4. The van der Waals surface area contributed by atoms with Gasteiger partial charge in [-0.2, -0.15) is 5.26 Å². The molecule has 0 bridgehead atoms. The molecule has 0 amide bonds. The maximum Gasteiger partial charge on any atom is 0.142 e. The van der Waals surface area contributed by atoms with E-state index in [-0.39, 0.29) is 11.6 Å². The van der Waals surface area contributed by atoms with Crippen molar-refractivity contribution in [2.75, 3.05) is 12.0 Å². The Hall–Kier alpha value is -2.84. The van der Waals surface area contributed by atoms with Crippen LogP contribution in [0.5, 0.6) is 0 Å². The van der Waals surface area contributed by atoms with Crippen LogP contribution in [0.1, 0.15) is 5.56 Å². The first kappa shape index (κ1) is 16.0. The molecular formula is C19H14FN3S. The van der Waals surface area contributed by atoms with Crippen LogP contribution in [0.15, 0.2) is 59.5 Å². The topological polar surface area (TPSA) is 62.7 Å². The van der Waals surface area contributed by atoms with Crippen LogP contribution in [0, 0.1) is 17.1 Å². The predicted octanol–water partition coefficient (Wildman–Crippen LogP) is 4.73. The summed E-state index contributed by atoms with van der Waals surface area (Å²) in [5.74, 6) is -0.278. The minimum atomic E-state index is -0.377. The van der Waals surface area contributed by atoms with Crippen LogP contribution in [-0.2, 0) is 0 Å². The van der Waals surface area contributed by atoms with Crippen molar-refractivity contribution >= 4 is 17.6 Å². The molecule has 0 spiro atoms. The number of nitrogen functional groups attached to an aromatic ring is 1. The van der Waals surface area contributed by atoms with Gasteiger partial charge in [-0.25, -0.2) is 9.37 Å². The summed E-state index contributed by atoms with van der Waals surface area (Å²) in [5, 5.41) is 9.43. The second kappa shape index (κ2) is 6.73. The molecule has 118 valence electrons. The Labute approximate surface area is 144 Å². The lowest BCUT2D eigenvalue weighted by atomic mass is 9.98. The zero-order valence-corrected chi connectivity index (χ0v) is 13.8. The number of nitrogens with two attached hydrogens (primary N) is 1. The summed E-state index contributed by atoms with van der Waals surface area (Å²) < 4.78 is 14.1. The van der Waals surface area contributed by atoms with Gasteiger partial charge in [0.25, 0.3) is 0 Å². The van der Waals surface area contributed by atoms with Crippen molar-refractivity contribution in [2.24, 2.45) is 0 Å². The smallest absolute Gasteiger partial charge is 0.142 e. The molecule has 0 aliphatic rings. The van der Waals surface area contributed by atoms with Gasteiger partial charge in [0.2, 0.25) is 0 Å². The second-order valence-corrected chi connectivity index (χ2v) is 6.02. The summed E-state index contributed by atoms with van der Waals surface area (Å²) in [5.41, 5.74) is 8.51. The van der Waals surface area contributed by atoms with Gasteiger partial charge in [0, 0.05) is 16.0 Å². The van der Waals surface area contributed by atoms with E-state index < -0.39 is 0 Å². The first-order valence-corrected chi connectivity index (χ1v) is 8.46. The number of aromatic nitrogens is 1. The summed E-state index contributed by atoms with van der Waals surface area (Å²) in [6, 6.07) is 18.0. The van der Waals surface area contributed by atoms with Gasteiger partial charge in [0.05, 0.1) is 5.69 Å². The maximum atomic E-state index is 14.1. The number of nitriles is 1. The summed E-state index contributed by atoms with van der Waals surface area (Å²) >= 11 is 1.64. The Balaban J connectivity index is 2.21. The Morgan fingerprint density at radius 1 is 1.08 bits per heavy atom. The van der Waals surface area contributed by atoms with E-state index in [1.54, 1.807) is 36.0 Å². The number of pyridine rings is 1. The SMILES string of the molecule is CSc1ccc(-c2cc(-c3ccccc3F)nc(N)c2C#N)cc1. The average Bonchev–Trinajstić information content (AvgIpc) is 2.61. The Bertz CT molecular complexity index is 930. The molecule has 0 aliphatic heterocycles. The van der Waals surface area contributed by atoms with Crippen LogP contribution < -0.4 is 5.73 Å². The minimum absolute atomic E-state index is 0.0993. The molecule has 0 atom stereocenters. The van der Waals surface area contributed by atoms with E-state index in [9.17, 15) is 9.65 Å². The van der Waals surface area contributed by atoms with Crippen molar-refractivity contribution in [3.05, 3.63) is 66.0 Å². The highest BCUT2D eigenvalue weighted by molar-refractivity contribution is 7.98. The number of benzene rings is 2. The molecule has 1 heterocycles. The third kappa shape index (κ3) is 2.97. The van der Waals surface area contributed by atoms with Crippen molar-refractivity contribution in [2.45, 2.75) is 4.90 Å². The van der Waals surface area contributed by atoms with Crippen LogP contribution in [0.3, 0.4) is 0 Å². The van der Waals surface area contributed by atoms with Gasteiger partial charge in [-0.1, -0.05) is 24.3 Å². The quantitative estimate of drug-likeness (QED) is 0.703. The van der Waals surface area contributed by atoms with E-state index >= 15 is 0 Å². The molecule has 0 aliphatic carbocycles. The molecule has 2 aromatic carbocycles. The summed E-state index contributed by atoms with van der Waals surface area (Å²) in [7, 11) is 0. The van der Waals surface area contributed by atoms with E-state index in [2.05, 4.69) is 11.1 Å². The van der Waals surface area contributed by atoms with E-state index in [0.717, 1.165) is 10.5 Å². The zero-order valence-electron chi connectivity index (χ0n) is 13.0. The number of halogens is 1. The molecular weight excluding hydrogens is 321 g/mol. The average molecular weight is 335 g/mol. The van der Waals surface area contributed by atoms with Gasteiger partial charge in [-0.05, 0) is 42.2 Å². The van der Waals surface area contributed by atoms with Crippen LogP contribution in [0.4, 0.5) is 10.2 Å². The van der Waals surface area contributed by atoms with Gasteiger partial charge in [0.15, 0.2) is 0 Å². The molecule has 3 rings (SSSR count). The highest BCUT2D eigenvalue weighted by Crippen LogP contribution is 2.32. The highest BCUT2D eigenvalue weighted by Gasteiger charge is 2.15. The maximum absolute atomic E-state index is 14.1. The predicted molar refractivity (Wildman–Crippen MR) is 96.0 cm³/mol. The second-order valence-electron chi connectivity index (χ2n) is 5.14. The molecule has 0 unspecified atom stereocenters. The third-order valence-electron chi connectivity index (χ3n) is 3.71. The van der Waals surface area contributed by atoms with Crippen LogP contribution in [0.2, 0.25) is 0 Å². The number of nitrogens with zero attached hydrogens (tertiary/aromatic N) is 2. The first-order valence-electron chi connectivity index (χ1n) is 7.24. The Morgan fingerprint density at radius 3 is 2.42 bits per heavy atom. The molecule has 3 nitrogen and oxygen atoms in total. The summed E-state index contributed by atoms with van der Waals surface area (Å²) in [6.07, 6.45) is 2.00. The van der Waals surface area contributed by atoms with E-state index in [1.165, 1.54) is 6.07 Å². The fourth-order valence-electron chi connectivity index (χ4n) is 2.49. The van der Waals surface area contributed by atoms with E-state index in [4.69, 9.17) is 5.73 Å². The fourth-order valence-corrected chi connectivity index (χ4v) is 2.90. The van der Waals surface area contributed by atoms with Crippen molar-refractivity contribution in [3.8, 4) is 28.5 Å². The van der Waals surface area contributed by atoms with Crippen molar-refractivity contribution < 1.29 is 4.39 Å². The minimum Gasteiger partial charge on any atom is -0.383 e. The lowest BCUT2D eigenvalue weighted by Crippen LogP contribution is -2.00. The molecule has 24 heavy (non-hydrogen) atoms. The molecule has 1 aromatic heterocycles. The monoisotopic (exact) mass is 335 g/mol. The number of thioether (sulfide) groups is 1. The lowest BCUT2D eigenvalue weighted by molar-refractivity contribution is 0.631. The lowest BCUT2D eigenvalue weighted by Gasteiger charge is -2.11. The van der Waals surface area contributed by atoms with Crippen LogP contribution in [-0.4, -0.2) is 11.2 Å². The van der Waals surface area contributed by atoms with Gasteiger partial charge in [-0.3, -0.25) is 0 Å².